The van der Waals surface area contributed by atoms with Crippen LogP contribution in [-0.2, 0) is 0 Å². The maximum atomic E-state index is 10.5. The first-order valence-electron chi connectivity index (χ1n) is 6.41. The van der Waals surface area contributed by atoms with Crippen molar-refractivity contribution in [1.29, 1.82) is 0 Å². The Hall–Kier alpha value is -1.77. The van der Waals surface area contributed by atoms with E-state index in [1.165, 1.54) is 12.7 Å². The molecule has 0 aliphatic heterocycles. The van der Waals surface area contributed by atoms with Gasteiger partial charge in [-0.05, 0) is 13.3 Å². The van der Waals surface area contributed by atoms with Crippen LogP contribution in [-0.4, -0.2) is 53.2 Å². The Bertz CT molecular complexity index is 641. The lowest BCUT2D eigenvalue weighted by molar-refractivity contribution is -0.0777. The minimum atomic E-state index is -1.37. The van der Waals surface area contributed by atoms with Crippen molar-refractivity contribution in [2.75, 3.05) is 12.3 Å². The number of aromatic nitrogens is 4. The van der Waals surface area contributed by atoms with Crippen molar-refractivity contribution in [2.45, 2.75) is 31.1 Å². The van der Waals surface area contributed by atoms with Crippen LogP contribution in [0, 0.1) is 5.92 Å². The van der Waals surface area contributed by atoms with Gasteiger partial charge < -0.3 is 25.6 Å². The van der Waals surface area contributed by atoms with Crippen LogP contribution in [0.1, 0.15) is 19.4 Å². The smallest absolute Gasteiger partial charge is 0.165 e. The van der Waals surface area contributed by atoms with Crippen LogP contribution in [0.25, 0.3) is 11.2 Å². The average Bonchev–Trinajstić information content (AvgIpc) is 2.92. The van der Waals surface area contributed by atoms with E-state index >= 15 is 0 Å². The van der Waals surface area contributed by atoms with Crippen LogP contribution >= 0.6 is 0 Å². The standard InChI is InChI=1S/C12H17N5O3/c1-12(20)7(2-6(3-18)9(12)19)17-5-16-8-10(13)14-4-15-11(8)17/h4-7,9,18-20H,2-3H2,1H3,(H2,13,14,15)/t6-,7-,9-,12?/m1/s1. The largest absolute Gasteiger partial charge is 0.396 e. The summed E-state index contributed by atoms with van der Waals surface area (Å²) in [7, 11) is 0. The molecule has 0 spiro atoms. The maximum absolute atomic E-state index is 10.5. The Balaban J connectivity index is 2.10. The van der Waals surface area contributed by atoms with Crippen LogP contribution < -0.4 is 5.73 Å². The van der Waals surface area contributed by atoms with Crippen molar-refractivity contribution in [3.8, 4) is 0 Å². The molecule has 1 aliphatic carbocycles. The second-order valence-electron chi connectivity index (χ2n) is 5.45. The maximum Gasteiger partial charge on any atom is 0.165 e. The zero-order valence-electron chi connectivity index (χ0n) is 11.0. The van der Waals surface area contributed by atoms with Crippen LogP contribution in [0.3, 0.4) is 0 Å². The SMILES string of the molecule is CC1(O)[C@H](O)[C@@H](CO)C[C@H]1n1cnc2c(N)ncnc21. The Labute approximate surface area is 114 Å². The lowest BCUT2D eigenvalue weighted by Gasteiger charge is -2.29. The van der Waals surface area contributed by atoms with E-state index in [-0.39, 0.29) is 18.3 Å². The van der Waals surface area contributed by atoms with Crippen molar-refractivity contribution in [2.24, 2.45) is 5.92 Å². The highest BCUT2D eigenvalue weighted by Crippen LogP contribution is 2.43. The number of rotatable bonds is 2. The molecule has 1 fully saturated rings. The number of hydrogen-bond donors (Lipinski definition) is 4. The zero-order chi connectivity index (χ0) is 14.5. The fourth-order valence-electron chi connectivity index (χ4n) is 3.00. The summed E-state index contributed by atoms with van der Waals surface area (Å²) in [6, 6.07) is -0.436. The number of nitrogens with two attached hydrogens (primary N) is 1. The molecule has 4 atom stereocenters. The zero-order valence-corrected chi connectivity index (χ0v) is 11.0. The molecule has 1 unspecified atom stereocenters. The summed E-state index contributed by atoms with van der Waals surface area (Å²) in [5.74, 6) is -0.114. The van der Waals surface area contributed by atoms with E-state index in [1.807, 2.05) is 0 Å². The molecule has 108 valence electrons. The highest BCUT2D eigenvalue weighted by Gasteiger charge is 2.51. The van der Waals surface area contributed by atoms with Crippen LogP contribution in [0.4, 0.5) is 5.82 Å². The van der Waals surface area contributed by atoms with Gasteiger partial charge >= 0.3 is 0 Å². The highest BCUT2D eigenvalue weighted by atomic mass is 16.3. The summed E-state index contributed by atoms with van der Waals surface area (Å²) in [5, 5.41) is 30.0. The van der Waals surface area contributed by atoms with Gasteiger partial charge in [0.05, 0.1) is 18.5 Å². The number of nitrogen functional groups attached to an aromatic ring is 1. The van der Waals surface area contributed by atoms with Gasteiger partial charge in [0.25, 0.3) is 0 Å². The molecule has 2 aromatic heterocycles. The van der Waals surface area contributed by atoms with Crippen LogP contribution in [0.15, 0.2) is 12.7 Å². The molecule has 0 aromatic carbocycles. The Morgan fingerprint density at radius 2 is 2.20 bits per heavy atom. The molecular weight excluding hydrogens is 262 g/mol. The minimum absolute atomic E-state index is 0.183. The minimum Gasteiger partial charge on any atom is -0.396 e. The van der Waals surface area contributed by atoms with Gasteiger partial charge in [-0.3, -0.25) is 0 Å². The van der Waals surface area contributed by atoms with Gasteiger partial charge in [0.1, 0.15) is 17.4 Å². The summed E-state index contributed by atoms with van der Waals surface area (Å²) in [6.07, 6.45) is 2.29. The molecular formula is C12H17N5O3. The molecule has 20 heavy (non-hydrogen) atoms. The second kappa shape index (κ2) is 4.37. The average molecular weight is 279 g/mol. The summed E-state index contributed by atoms with van der Waals surface area (Å²) in [6.45, 7) is 1.37. The molecule has 1 saturated carbocycles. The topological polar surface area (TPSA) is 130 Å². The van der Waals surface area contributed by atoms with E-state index in [9.17, 15) is 15.3 Å². The van der Waals surface area contributed by atoms with E-state index < -0.39 is 17.7 Å². The van der Waals surface area contributed by atoms with Crippen LogP contribution in [0.5, 0.6) is 0 Å². The van der Waals surface area contributed by atoms with Gasteiger partial charge in [-0.1, -0.05) is 0 Å². The van der Waals surface area contributed by atoms with Crippen molar-refractivity contribution in [3.63, 3.8) is 0 Å². The van der Waals surface area contributed by atoms with Gasteiger partial charge in [0.2, 0.25) is 0 Å². The molecule has 5 N–H and O–H groups in total. The monoisotopic (exact) mass is 279 g/mol. The van der Waals surface area contributed by atoms with Crippen molar-refractivity contribution >= 4 is 17.0 Å². The molecule has 2 aromatic rings. The third-order valence-electron chi connectivity index (χ3n) is 4.20. The molecule has 3 rings (SSSR count). The van der Waals surface area contributed by atoms with E-state index in [4.69, 9.17) is 5.73 Å². The molecule has 0 amide bonds. The van der Waals surface area contributed by atoms with Crippen molar-refractivity contribution in [3.05, 3.63) is 12.7 Å². The first-order chi connectivity index (χ1) is 9.46. The summed E-state index contributed by atoms with van der Waals surface area (Å²) >= 11 is 0. The summed E-state index contributed by atoms with van der Waals surface area (Å²) in [5.41, 5.74) is 5.33. The normalized spacial score (nSPS) is 33.9. The number of nitrogens with zero attached hydrogens (tertiary/aromatic N) is 4. The number of hydrogen-bond acceptors (Lipinski definition) is 7. The highest BCUT2D eigenvalue weighted by molar-refractivity contribution is 5.81. The van der Waals surface area contributed by atoms with Gasteiger partial charge in [-0.25, -0.2) is 15.0 Å². The number of anilines is 1. The second-order valence-corrected chi connectivity index (χ2v) is 5.45. The van der Waals surface area contributed by atoms with Gasteiger partial charge in [-0.2, -0.15) is 0 Å². The van der Waals surface area contributed by atoms with Gasteiger partial charge in [-0.15, -0.1) is 0 Å². The predicted molar refractivity (Wildman–Crippen MR) is 70.6 cm³/mol. The van der Waals surface area contributed by atoms with Crippen molar-refractivity contribution < 1.29 is 15.3 Å². The Kier molecular flexibility index (Phi) is 2.89. The quantitative estimate of drug-likeness (QED) is 0.559. The number of aliphatic hydroxyl groups is 3. The van der Waals surface area contributed by atoms with Gasteiger partial charge in [0, 0.05) is 12.5 Å². The van der Waals surface area contributed by atoms with Crippen LogP contribution in [0.2, 0.25) is 0 Å². The number of aliphatic hydroxyl groups excluding tert-OH is 2. The van der Waals surface area contributed by atoms with E-state index in [2.05, 4.69) is 15.0 Å². The van der Waals surface area contributed by atoms with E-state index in [0.717, 1.165) is 0 Å². The predicted octanol–water partition coefficient (Wildman–Crippen LogP) is -0.926. The fraction of sp³-hybridized carbons (Fsp3) is 0.583. The molecule has 8 nitrogen and oxygen atoms in total. The number of fused-ring (bicyclic) bond motifs is 1. The lowest BCUT2D eigenvalue weighted by Crippen LogP contribution is -2.42. The van der Waals surface area contributed by atoms with Gasteiger partial charge in [0.15, 0.2) is 11.5 Å². The molecule has 8 heteroatoms. The molecule has 1 aliphatic rings. The number of imidazole rings is 1. The molecule has 0 saturated heterocycles. The first kappa shape index (κ1) is 13.2. The molecule has 0 radical (unpaired) electrons. The van der Waals surface area contributed by atoms with Crippen molar-refractivity contribution in [1.82, 2.24) is 19.5 Å². The molecule has 2 heterocycles. The van der Waals surface area contributed by atoms with E-state index in [1.54, 1.807) is 11.5 Å². The fourth-order valence-corrected chi connectivity index (χ4v) is 3.00. The summed E-state index contributed by atoms with van der Waals surface area (Å²) in [4.78, 5) is 12.2. The summed E-state index contributed by atoms with van der Waals surface area (Å²) < 4.78 is 1.69. The Morgan fingerprint density at radius 1 is 1.45 bits per heavy atom. The van der Waals surface area contributed by atoms with E-state index in [0.29, 0.717) is 17.6 Å². The lowest BCUT2D eigenvalue weighted by atomic mass is 9.96. The molecule has 0 bridgehead atoms. The third kappa shape index (κ3) is 1.69. The third-order valence-corrected chi connectivity index (χ3v) is 4.20. The Morgan fingerprint density at radius 3 is 2.85 bits per heavy atom. The first-order valence-corrected chi connectivity index (χ1v) is 6.41.